The van der Waals surface area contributed by atoms with Gasteiger partial charge in [0.1, 0.15) is 5.75 Å². The molecule has 2 aromatic carbocycles. The Balaban J connectivity index is 1.99. The summed E-state index contributed by atoms with van der Waals surface area (Å²) in [6.07, 6.45) is -2.89. The van der Waals surface area contributed by atoms with Gasteiger partial charge in [0, 0.05) is 10.0 Å². The van der Waals surface area contributed by atoms with Gasteiger partial charge in [-0.05, 0) is 49.4 Å². The molecule has 2 aromatic rings. The Morgan fingerprint density at radius 1 is 1.19 bits per heavy atom. The largest absolute Gasteiger partial charge is 0.496 e. The SMILES string of the molecule is COc1ccc(Br)cc1/C=C1\C(=O)N(c2cccc(C(F)(F)F)c2)N=C1C. The first-order chi connectivity index (χ1) is 12.7. The zero-order valence-electron chi connectivity index (χ0n) is 14.3. The first-order valence-corrected chi connectivity index (χ1v) is 8.62. The van der Waals surface area contributed by atoms with Gasteiger partial charge in [-0.15, -0.1) is 0 Å². The summed E-state index contributed by atoms with van der Waals surface area (Å²) in [6.45, 7) is 1.63. The maximum Gasteiger partial charge on any atom is 0.416 e. The first-order valence-electron chi connectivity index (χ1n) is 7.83. The lowest BCUT2D eigenvalue weighted by atomic mass is 10.1. The van der Waals surface area contributed by atoms with Crippen LogP contribution in [0.2, 0.25) is 0 Å². The number of halogens is 4. The molecular weight excluding hydrogens is 425 g/mol. The van der Waals surface area contributed by atoms with Gasteiger partial charge in [0.05, 0.1) is 29.6 Å². The summed E-state index contributed by atoms with van der Waals surface area (Å²) in [5.41, 5.74) is 0.546. The number of amides is 1. The minimum atomic E-state index is -4.50. The highest BCUT2D eigenvalue weighted by Gasteiger charge is 2.33. The van der Waals surface area contributed by atoms with Crippen LogP contribution in [-0.2, 0) is 11.0 Å². The highest BCUT2D eigenvalue weighted by molar-refractivity contribution is 9.10. The maximum absolute atomic E-state index is 12.9. The molecule has 0 aliphatic carbocycles. The van der Waals surface area contributed by atoms with E-state index >= 15 is 0 Å². The number of carbonyl (C=O) groups is 1. The molecule has 1 amide bonds. The van der Waals surface area contributed by atoms with Crippen molar-refractivity contribution < 1.29 is 22.7 Å². The second-order valence-electron chi connectivity index (χ2n) is 5.79. The molecule has 0 bridgehead atoms. The number of hydrogen-bond donors (Lipinski definition) is 0. The Kier molecular flexibility index (Phi) is 5.10. The summed E-state index contributed by atoms with van der Waals surface area (Å²) in [5.74, 6) is 0.0534. The van der Waals surface area contributed by atoms with Crippen molar-refractivity contribution in [3.63, 3.8) is 0 Å². The second-order valence-corrected chi connectivity index (χ2v) is 6.71. The number of benzene rings is 2. The van der Waals surface area contributed by atoms with Crippen molar-refractivity contribution >= 4 is 39.3 Å². The summed E-state index contributed by atoms with van der Waals surface area (Å²) >= 11 is 3.36. The van der Waals surface area contributed by atoms with Crippen molar-refractivity contribution in [2.45, 2.75) is 13.1 Å². The zero-order chi connectivity index (χ0) is 19.8. The third-order valence-electron chi connectivity index (χ3n) is 3.97. The van der Waals surface area contributed by atoms with Gasteiger partial charge < -0.3 is 4.74 Å². The standard InChI is InChI=1S/C19H14BrF3N2O2/c1-11-16(9-12-8-14(20)6-7-17(12)27-2)18(26)25(24-11)15-5-3-4-13(10-15)19(21,22)23/h3-10H,1-2H3/b16-9-. The third-order valence-corrected chi connectivity index (χ3v) is 4.47. The number of anilines is 1. The quantitative estimate of drug-likeness (QED) is 0.611. The molecule has 0 aromatic heterocycles. The summed E-state index contributed by atoms with van der Waals surface area (Å²) in [5, 5.41) is 5.10. The van der Waals surface area contributed by atoms with E-state index in [9.17, 15) is 18.0 Å². The number of hydrazone groups is 1. The minimum absolute atomic E-state index is 0.0544. The molecule has 0 radical (unpaired) electrons. The first kappa shape index (κ1) is 19.2. The fourth-order valence-electron chi connectivity index (χ4n) is 2.65. The van der Waals surface area contributed by atoms with E-state index < -0.39 is 17.6 Å². The lowest BCUT2D eigenvalue weighted by Gasteiger charge is -2.14. The average Bonchev–Trinajstić information content (AvgIpc) is 2.89. The minimum Gasteiger partial charge on any atom is -0.496 e. The molecule has 0 fully saturated rings. The van der Waals surface area contributed by atoms with Crippen molar-refractivity contribution in [1.82, 2.24) is 0 Å². The third kappa shape index (κ3) is 3.90. The van der Waals surface area contributed by atoms with Gasteiger partial charge in [0.25, 0.3) is 5.91 Å². The van der Waals surface area contributed by atoms with Gasteiger partial charge in [0.2, 0.25) is 0 Å². The Hall–Kier alpha value is -2.61. The Morgan fingerprint density at radius 2 is 1.93 bits per heavy atom. The molecule has 8 heteroatoms. The van der Waals surface area contributed by atoms with Crippen LogP contribution >= 0.6 is 15.9 Å². The molecular formula is C19H14BrF3N2O2. The van der Waals surface area contributed by atoms with E-state index in [1.165, 1.54) is 19.2 Å². The Morgan fingerprint density at radius 3 is 2.59 bits per heavy atom. The van der Waals surface area contributed by atoms with Crippen LogP contribution in [0.3, 0.4) is 0 Å². The van der Waals surface area contributed by atoms with Gasteiger partial charge in [-0.1, -0.05) is 22.0 Å². The number of rotatable bonds is 3. The molecule has 4 nitrogen and oxygen atoms in total. The number of carbonyl (C=O) groups excluding carboxylic acids is 1. The molecule has 27 heavy (non-hydrogen) atoms. The topological polar surface area (TPSA) is 41.9 Å². The van der Waals surface area contributed by atoms with Gasteiger partial charge in [-0.3, -0.25) is 4.79 Å². The normalized spacial score (nSPS) is 16.1. The monoisotopic (exact) mass is 438 g/mol. The van der Waals surface area contributed by atoms with Crippen LogP contribution < -0.4 is 9.75 Å². The number of nitrogens with zero attached hydrogens (tertiary/aromatic N) is 2. The molecule has 1 aliphatic heterocycles. The fraction of sp³-hybridized carbons (Fsp3) is 0.158. The van der Waals surface area contributed by atoms with E-state index in [0.29, 0.717) is 17.0 Å². The number of methoxy groups -OCH3 is 1. The van der Waals surface area contributed by atoms with Crippen LogP contribution in [0.15, 0.2) is 57.6 Å². The van der Waals surface area contributed by atoms with Crippen LogP contribution in [0, 0.1) is 0 Å². The van der Waals surface area contributed by atoms with Crippen LogP contribution in [0.4, 0.5) is 18.9 Å². The van der Waals surface area contributed by atoms with E-state index in [1.54, 1.807) is 31.2 Å². The second kappa shape index (κ2) is 7.19. The molecule has 3 rings (SSSR count). The summed E-state index contributed by atoms with van der Waals surface area (Å²) in [7, 11) is 1.51. The smallest absolute Gasteiger partial charge is 0.416 e. The molecule has 0 N–H and O–H groups in total. The predicted octanol–water partition coefficient (Wildman–Crippen LogP) is 5.28. The lowest BCUT2D eigenvalue weighted by molar-refractivity contribution is -0.137. The van der Waals surface area contributed by atoms with E-state index in [2.05, 4.69) is 21.0 Å². The molecule has 0 atom stereocenters. The maximum atomic E-state index is 12.9. The van der Waals surface area contributed by atoms with Crippen LogP contribution in [0.5, 0.6) is 5.75 Å². The van der Waals surface area contributed by atoms with Gasteiger partial charge in [-0.2, -0.15) is 23.3 Å². The molecule has 1 heterocycles. The van der Waals surface area contributed by atoms with Crippen LogP contribution in [0.1, 0.15) is 18.1 Å². The number of ether oxygens (including phenoxy) is 1. The van der Waals surface area contributed by atoms with Crippen molar-refractivity contribution in [2.75, 3.05) is 12.1 Å². The van der Waals surface area contributed by atoms with E-state index in [4.69, 9.17) is 4.74 Å². The molecule has 0 saturated heterocycles. The summed E-state index contributed by atoms with van der Waals surface area (Å²) in [6, 6.07) is 9.82. The number of alkyl halides is 3. The predicted molar refractivity (Wildman–Crippen MR) is 101 cm³/mol. The summed E-state index contributed by atoms with van der Waals surface area (Å²) < 4.78 is 44.9. The van der Waals surface area contributed by atoms with E-state index in [-0.39, 0.29) is 11.3 Å². The number of hydrogen-bond acceptors (Lipinski definition) is 3. The van der Waals surface area contributed by atoms with Crippen molar-refractivity contribution in [1.29, 1.82) is 0 Å². The fourth-order valence-corrected chi connectivity index (χ4v) is 3.03. The highest BCUT2D eigenvalue weighted by Crippen LogP contribution is 2.34. The molecule has 1 aliphatic rings. The average molecular weight is 439 g/mol. The van der Waals surface area contributed by atoms with Gasteiger partial charge in [0.15, 0.2) is 0 Å². The molecule has 0 unspecified atom stereocenters. The van der Waals surface area contributed by atoms with Gasteiger partial charge in [-0.25, -0.2) is 0 Å². The van der Waals surface area contributed by atoms with Crippen LogP contribution in [-0.4, -0.2) is 18.7 Å². The van der Waals surface area contributed by atoms with Crippen molar-refractivity contribution in [3.8, 4) is 5.75 Å². The lowest BCUT2D eigenvalue weighted by Crippen LogP contribution is -2.21. The molecule has 140 valence electrons. The van der Waals surface area contributed by atoms with E-state index in [1.807, 2.05) is 0 Å². The molecule has 0 saturated carbocycles. The van der Waals surface area contributed by atoms with Gasteiger partial charge >= 0.3 is 6.18 Å². The Labute approximate surface area is 162 Å². The van der Waals surface area contributed by atoms with Crippen molar-refractivity contribution in [3.05, 3.63) is 63.6 Å². The zero-order valence-corrected chi connectivity index (χ0v) is 15.9. The van der Waals surface area contributed by atoms with Crippen molar-refractivity contribution in [2.24, 2.45) is 5.10 Å². The van der Waals surface area contributed by atoms with Crippen LogP contribution in [0.25, 0.3) is 6.08 Å². The Bertz CT molecular complexity index is 968. The van der Waals surface area contributed by atoms with E-state index in [0.717, 1.165) is 21.6 Å². The molecule has 0 spiro atoms. The summed E-state index contributed by atoms with van der Waals surface area (Å²) in [4.78, 5) is 12.8. The highest BCUT2D eigenvalue weighted by atomic mass is 79.9.